The van der Waals surface area contributed by atoms with Crippen LogP contribution in [0.4, 0.5) is 23.2 Å². The molecule has 30 heavy (non-hydrogen) atoms. The van der Waals surface area contributed by atoms with E-state index in [1.165, 1.54) is 13.0 Å². The molecule has 156 valence electrons. The Morgan fingerprint density at radius 1 is 1.07 bits per heavy atom. The summed E-state index contributed by atoms with van der Waals surface area (Å²) in [5.41, 5.74) is 0.0325. The summed E-state index contributed by atoms with van der Waals surface area (Å²) in [5.74, 6) is -1.90. The zero-order chi connectivity index (χ0) is 22.1. The number of ether oxygens (including phenoxy) is 1. The van der Waals surface area contributed by atoms with Gasteiger partial charge >= 0.3 is 6.18 Å². The smallest absolute Gasteiger partial charge is 0.417 e. The molecule has 1 N–H and O–H groups in total. The lowest BCUT2D eigenvalue weighted by Crippen LogP contribution is -2.15. The van der Waals surface area contributed by atoms with Gasteiger partial charge in [0, 0.05) is 5.69 Å². The number of anilines is 1. The molecule has 1 amide bonds. The first-order valence-corrected chi connectivity index (χ1v) is 9.02. The van der Waals surface area contributed by atoms with Gasteiger partial charge in [0.05, 0.1) is 21.8 Å². The average molecular weight is 439 g/mol. The lowest BCUT2D eigenvalue weighted by molar-refractivity contribution is -0.137. The number of hydrogen-bond acceptors (Lipinski definition) is 3. The Morgan fingerprint density at radius 2 is 1.80 bits per heavy atom. The van der Waals surface area contributed by atoms with Crippen molar-refractivity contribution >= 4 is 23.2 Å². The maximum Gasteiger partial charge on any atom is 0.417 e. The van der Waals surface area contributed by atoms with Crippen molar-refractivity contribution in [3.05, 3.63) is 81.9 Å². The summed E-state index contributed by atoms with van der Waals surface area (Å²) in [7, 11) is 0. The van der Waals surface area contributed by atoms with Crippen molar-refractivity contribution in [1.29, 1.82) is 0 Å². The van der Waals surface area contributed by atoms with E-state index < -0.39 is 34.4 Å². The number of aryl methyl sites for hydroxylation is 2. The topological polar surface area (TPSA) is 51.2 Å². The second kappa shape index (κ2) is 8.31. The van der Waals surface area contributed by atoms with Crippen LogP contribution >= 0.6 is 11.6 Å². The van der Waals surface area contributed by atoms with Crippen molar-refractivity contribution in [3.8, 4) is 11.5 Å². The normalized spacial score (nSPS) is 11.3. The molecule has 4 nitrogen and oxygen atoms in total. The molecule has 3 rings (SSSR count). The fourth-order valence-corrected chi connectivity index (χ4v) is 2.97. The molecule has 0 aliphatic rings. The summed E-state index contributed by atoms with van der Waals surface area (Å²) in [4.78, 5) is 16.4. The van der Waals surface area contributed by atoms with Crippen LogP contribution in [0.25, 0.3) is 0 Å². The summed E-state index contributed by atoms with van der Waals surface area (Å²) >= 11 is 5.80. The Balaban J connectivity index is 2.06. The number of nitrogens with zero attached hydrogens (tertiary/aromatic N) is 1. The van der Waals surface area contributed by atoms with Crippen molar-refractivity contribution < 1.29 is 27.1 Å². The molecule has 0 saturated heterocycles. The highest BCUT2D eigenvalue weighted by molar-refractivity contribution is 6.32. The van der Waals surface area contributed by atoms with Crippen molar-refractivity contribution in [2.75, 3.05) is 5.32 Å². The summed E-state index contributed by atoms with van der Waals surface area (Å²) < 4.78 is 58.7. The minimum Gasteiger partial charge on any atom is -0.455 e. The van der Waals surface area contributed by atoms with Gasteiger partial charge in [-0.05, 0) is 55.8 Å². The van der Waals surface area contributed by atoms with Crippen LogP contribution < -0.4 is 10.1 Å². The molecule has 0 fully saturated rings. The Bertz CT molecular complexity index is 1120. The molecule has 0 saturated carbocycles. The summed E-state index contributed by atoms with van der Waals surface area (Å²) in [6.07, 6.45) is -4.77. The van der Waals surface area contributed by atoms with Crippen LogP contribution in [0, 0.1) is 19.8 Å². The zero-order valence-corrected chi connectivity index (χ0v) is 16.5. The van der Waals surface area contributed by atoms with Gasteiger partial charge in [0.1, 0.15) is 11.5 Å². The molecule has 3 aromatic rings. The van der Waals surface area contributed by atoms with E-state index in [9.17, 15) is 22.4 Å². The van der Waals surface area contributed by atoms with Gasteiger partial charge in [0.15, 0.2) is 0 Å². The maximum absolute atomic E-state index is 13.3. The SMILES string of the molecule is Cc1cccc(NC(=O)c2cc(Cl)c(C(F)(F)F)cc2Oc2ccc(F)nc2C)c1. The molecule has 2 aromatic carbocycles. The van der Waals surface area contributed by atoms with Crippen LogP contribution in [0.2, 0.25) is 5.02 Å². The summed E-state index contributed by atoms with van der Waals surface area (Å²) in [6, 6.07) is 10.6. The standard InChI is InChI=1S/C21H15ClF4N2O2/c1-11-4-3-5-13(8-11)28-20(29)14-9-16(22)15(21(24,25)26)10-18(14)30-17-6-7-19(23)27-12(17)2/h3-10H,1-2H3,(H,28,29). The number of carbonyl (C=O) groups excluding carboxylic acids is 1. The van der Waals surface area contributed by atoms with Gasteiger partial charge in [-0.2, -0.15) is 17.6 Å². The zero-order valence-electron chi connectivity index (χ0n) is 15.8. The molecule has 9 heteroatoms. The number of alkyl halides is 3. The molecular formula is C21H15ClF4N2O2. The largest absolute Gasteiger partial charge is 0.455 e. The number of rotatable bonds is 4. The highest BCUT2D eigenvalue weighted by atomic mass is 35.5. The molecule has 0 atom stereocenters. The molecule has 0 aliphatic heterocycles. The fourth-order valence-electron chi connectivity index (χ4n) is 2.70. The lowest BCUT2D eigenvalue weighted by Gasteiger charge is -2.17. The number of benzene rings is 2. The van der Waals surface area contributed by atoms with Crippen molar-refractivity contribution in [2.45, 2.75) is 20.0 Å². The number of carbonyl (C=O) groups is 1. The van der Waals surface area contributed by atoms with Crippen LogP contribution in [-0.4, -0.2) is 10.9 Å². The van der Waals surface area contributed by atoms with E-state index in [1.54, 1.807) is 18.2 Å². The van der Waals surface area contributed by atoms with Crippen molar-refractivity contribution in [2.24, 2.45) is 0 Å². The highest BCUT2D eigenvalue weighted by Gasteiger charge is 2.35. The Labute approximate surface area is 174 Å². The van der Waals surface area contributed by atoms with Gasteiger partial charge in [-0.15, -0.1) is 0 Å². The van der Waals surface area contributed by atoms with Crippen LogP contribution in [0.1, 0.15) is 27.2 Å². The highest BCUT2D eigenvalue weighted by Crippen LogP contribution is 2.40. The Kier molecular flexibility index (Phi) is 5.98. The number of hydrogen-bond donors (Lipinski definition) is 1. The molecule has 0 aliphatic carbocycles. The molecule has 0 unspecified atom stereocenters. The first kappa shape index (κ1) is 21.6. The van der Waals surface area contributed by atoms with Crippen LogP contribution in [-0.2, 0) is 6.18 Å². The maximum atomic E-state index is 13.3. The Hall–Kier alpha value is -3.13. The van der Waals surface area contributed by atoms with Gasteiger partial charge in [0.2, 0.25) is 5.95 Å². The van der Waals surface area contributed by atoms with E-state index in [1.807, 2.05) is 13.0 Å². The van der Waals surface area contributed by atoms with E-state index >= 15 is 0 Å². The monoisotopic (exact) mass is 438 g/mol. The van der Waals surface area contributed by atoms with Crippen LogP contribution in [0.5, 0.6) is 11.5 Å². The first-order chi connectivity index (χ1) is 14.0. The van der Waals surface area contributed by atoms with Crippen molar-refractivity contribution in [3.63, 3.8) is 0 Å². The lowest BCUT2D eigenvalue weighted by atomic mass is 10.1. The molecule has 0 bridgehead atoms. The van der Waals surface area contributed by atoms with Crippen LogP contribution in [0.15, 0.2) is 48.5 Å². The van der Waals surface area contributed by atoms with Gasteiger partial charge in [-0.1, -0.05) is 23.7 Å². The first-order valence-electron chi connectivity index (χ1n) is 8.64. The number of nitrogens with one attached hydrogen (secondary N) is 1. The summed E-state index contributed by atoms with van der Waals surface area (Å²) in [5, 5.41) is 1.95. The third kappa shape index (κ3) is 4.88. The molecule has 1 aromatic heterocycles. The van der Waals surface area contributed by atoms with E-state index in [2.05, 4.69) is 10.3 Å². The molecule has 1 heterocycles. The number of pyridine rings is 1. The Morgan fingerprint density at radius 3 is 2.43 bits per heavy atom. The van der Waals surface area contributed by atoms with Crippen molar-refractivity contribution in [1.82, 2.24) is 4.98 Å². The minimum absolute atomic E-state index is 0.00328. The third-order valence-corrected chi connectivity index (χ3v) is 4.43. The fraction of sp³-hybridized carbons (Fsp3) is 0.143. The minimum atomic E-state index is -4.77. The predicted octanol–water partition coefficient (Wildman–Crippen LogP) is 6.55. The second-order valence-corrected chi connectivity index (χ2v) is 6.88. The number of amides is 1. The van der Waals surface area contributed by atoms with E-state index in [0.717, 1.165) is 17.7 Å². The molecule has 0 radical (unpaired) electrons. The quantitative estimate of drug-likeness (QED) is 0.371. The van der Waals surface area contributed by atoms with E-state index in [-0.39, 0.29) is 17.0 Å². The molecule has 0 spiro atoms. The number of aromatic nitrogens is 1. The third-order valence-electron chi connectivity index (χ3n) is 4.12. The van der Waals surface area contributed by atoms with E-state index in [0.29, 0.717) is 11.8 Å². The summed E-state index contributed by atoms with van der Waals surface area (Å²) in [6.45, 7) is 3.25. The van der Waals surface area contributed by atoms with Gasteiger partial charge in [-0.3, -0.25) is 4.79 Å². The van der Waals surface area contributed by atoms with Gasteiger partial charge < -0.3 is 10.1 Å². The van der Waals surface area contributed by atoms with E-state index in [4.69, 9.17) is 16.3 Å². The predicted molar refractivity (Wildman–Crippen MR) is 105 cm³/mol. The second-order valence-electron chi connectivity index (χ2n) is 6.47. The molecular weight excluding hydrogens is 424 g/mol. The van der Waals surface area contributed by atoms with Crippen LogP contribution in [0.3, 0.4) is 0 Å². The van der Waals surface area contributed by atoms with Gasteiger partial charge in [-0.25, -0.2) is 4.98 Å². The average Bonchev–Trinajstić information content (AvgIpc) is 2.64. The van der Waals surface area contributed by atoms with Gasteiger partial charge in [0.25, 0.3) is 5.91 Å². The number of halogens is 5.